The zero-order valence-electron chi connectivity index (χ0n) is 9.62. The van der Waals surface area contributed by atoms with Gasteiger partial charge in [-0.25, -0.2) is 4.98 Å². The Kier molecular flexibility index (Phi) is 3.72. The number of nitrogens with one attached hydrogen (secondary N) is 1. The molecule has 2 rings (SSSR count). The summed E-state index contributed by atoms with van der Waals surface area (Å²) >= 11 is 0. The van der Waals surface area contributed by atoms with Crippen molar-refractivity contribution in [3.63, 3.8) is 0 Å². The molecule has 1 atom stereocenters. The molecular weight excluding hydrogens is 205 g/mol. The smallest absolute Gasteiger partial charge is 0.212 e. The zero-order valence-corrected chi connectivity index (χ0v) is 9.62. The molecule has 0 radical (unpaired) electrons. The van der Waals surface area contributed by atoms with E-state index in [4.69, 9.17) is 0 Å². The van der Waals surface area contributed by atoms with Gasteiger partial charge in [-0.1, -0.05) is 6.42 Å². The maximum atomic E-state index is 12.6. The van der Waals surface area contributed by atoms with Crippen molar-refractivity contribution in [2.45, 2.75) is 25.3 Å². The van der Waals surface area contributed by atoms with Gasteiger partial charge in [-0.05, 0) is 38.6 Å². The Morgan fingerprint density at radius 1 is 1.50 bits per heavy atom. The molecule has 0 amide bonds. The molecule has 0 saturated carbocycles. The zero-order chi connectivity index (χ0) is 11.4. The SMILES string of the molecule is CN1CCCCC1CNc1ccc(F)nc1. The summed E-state index contributed by atoms with van der Waals surface area (Å²) in [6, 6.07) is 3.69. The first-order valence-corrected chi connectivity index (χ1v) is 5.81. The van der Waals surface area contributed by atoms with Crippen LogP contribution in [0.2, 0.25) is 0 Å². The molecule has 1 unspecified atom stereocenters. The Bertz CT molecular complexity index is 326. The highest BCUT2D eigenvalue weighted by molar-refractivity contribution is 5.39. The van der Waals surface area contributed by atoms with Gasteiger partial charge in [0.15, 0.2) is 0 Å². The summed E-state index contributed by atoms with van der Waals surface area (Å²) in [5.41, 5.74) is 0.889. The monoisotopic (exact) mass is 223 g/mol. The van der Waals surface area contributed by atoms with Crippen molar-refractivity contribution in [1.29, 1.82) is 0 Å². The fourth-order valence-electron chi connectivity index (χ4n) is 2.12. The molecule has 0 bridgehead atoms. The van der Waals surface area contributed by atoms with E-state index in [0.717, 1.165) is 12.2 Å². The third kappa shape index (κ3) is 2.92. The van der Waals surface area contributed by atoms with Gasteiger partial charge in [-0.2, -0.15) is 4.39 Å². The van der Waals surface area contributed by atoms with Gasteiger partial charge in [0.25, 0.3) is 0 Å². The van der Waals surface area contributed by atoms with Crippen LogP contribution in [0.25, 0.3) is 0 Å². The summed E-state index contributed by atoms with van der Waals surface area (Å²) in [5.74, 6) is -0.430. The predicted octanol–water partition coefficient (Wildman–Crippen LogP) is 2.12. The largest absolute Gasteiger partial charge is 0.382 e. The number of halogens is 1. The second kappa shape index (κ2) is 5.25. The summed E-state index contributed by atoms with van der Waals surface area (Å²) in [5, 5.41) is 3.30. The first kappa shape index (κ1) is 11.3. The van der Waals surface area contributed by atoms with Gasteiger partial charge >= 0.3 is 0 Å². The maximum absolute atomic E-state index is 12.6. The van der Waals surface area contributed by atoms with E-state index in [1.165, 1.54) is 38.1 Å². The van der Waals surface area contributed by atoms with Crippen LogP contribution >= 0.6 is 0 Å². The maximum Gasteiger partial charge on any atom is 0.212 e. The van der Waals surface area contributed by atoms with Crippen LogP contribution in [0, 0.1) is 5.95 Å². The van der Waals surface area contributed by atoms with Crippen LogP contribution < -0.4 is 5.32 Å². The lowest BCUT2D eigenvalue weighted by Crippen LogP contribution is -2.40. The summed E-state index contributed by atoms with van der Waals surface area (Å²) in [6.07, 6.45) is 5.37. The molecule has 1 aliphatic heterocycles. The van der Waals surface area contributed by atoms with Crippen LogP contribution in [0.4, 0.5) is 10.1 Å². The molecule has 16 heavy (non-hydrogen) atoms. The molecule has 0 aliphatic carbocycles. The van der Waals surface area contributed by atoms with Crippen LogP contribution in [0.3, 0.4) is 0 Å². The number of piperidine rings is 1. The van der Waals surface area contributed by atoms with E-state index in [1.807, 2.05) is 0 Å². The predicted molar refractivity (Wildman–Crippen MR) is 63.0 cm³/mol. The van der Waals surface area contributed by atoms with E-state index < -0.39 is 5.95 Å². The fraction of sp³-hybridized carbons (Fsp3) is 0.583. The van der Waals surface area contributed by atoms with Crippen molar-refractivity contribution < 1.29 is 4.39 Å². The van der Waals surface area contributed by atoms with Gasteiger partial charge in [0.1, 0.15) is 0 Å². The summed E-state index contributed by atoms with van der Waals surface area (Å²) < 4.78 is 12.6. The molecule has 3 nitrogen and oxygen atoms in total. The van der Waals surface area contributed by atoms with E-state index in [2.05, 4.69) is 22.2 Å². The van der Waals surface area contributed by atoms with E-state index >= 15 is 0 Å². The van der Waals surface area contributed by atoms with Crippen molar-refractivity contribution in [1.82, 2.24) is 9.88 Å². The molecule has 2 heterocycles. The number of aromatic nitrogens is 1. The first-order valence-electron chi connectivity index (χ1n) is 5.81. The minimum atomic E-state index is -0.430. The lowest BCUT2D eigenvalue weighted by atomic mass is 10.0. The molecule has 1 aromatic rings. The highest BCUT2D eigenvalue weighted by Crippen LogP contribution is 2.15. The standard InChI is InChI=1S/C12H18FN3/c1-16-7-3-2-4-11(16)9-14-10-5-6-12(13)15-8-10/h5-6,8,11,14H,2-4,7,9H2,1H3. The minimum absolute atomic E-state index is 0.430. The van der Waals surface area contributed by atoms with E-state index in [0.29, 0.717) is 6.04 Å². The highest BCUT2D eigenvalue weighted by Gasteiger charge is 2.18. The van der Waals surface area contributed by atoms with Gasteiger partial charge in [-0.15, -0.1) is 0 Å². The molecule has 4 heteroatoms. The Hall–Kier alpha value is -1.16. The number of rotatable bonds is 3. The molecule has 1 saturated heterocycles. The van der Waals surface area contributed by atoms with Crippen LogP contribution in [0.1, 0.15) is 19.3 Å². The highest BCUT2D eigenvalue weighted by atomic mass is 19.1. The molecule has 0 aromatic carbocycles. The Morgan fingerprint density at radius 2 is 2.38 bits per heavy atom. The quantitative estimate of drug-likeness (QED) is 0.795. The molecule has 88 valence electrons. The van der Waals surface area contributed by atoms with Crippen LogP contribution in [-0.2, 0) is 0 Å². The summed E-state index contributed by atoms with van der Waals surface area (Å²) in [6.45, 7) is 2.08. The van der Waals surface area contributed by atoms with Crippen LogP contribution in [0.15, 0.2) is 18.3 Å². The molecule has 0 spiro atoms. The minimum Gasteiger partial charge on any atom is -0.382 e. The van der Waals surface area contributed by atoms with Crippen LogP contribution in [0.5, 0.6) is 0 Å². The van der Waals surface area contributed by atoms with Crippen molar-refractivity contribution in [2.75, 3.05) is 25.5 Å². The first-order chi connectivity index (χ1) is 7.75. The second-order valence-corrected chi connectivity index (χ2v) is 4.38. The Balaban J connectivity index is 1.84. The number of pyridine rings is 1. The third-order valence-corrected chi connectivity index (χ3v) is 3.19. The molecule has 1 N–H and O–H groups in total. The third-order valence-electron chi connectivity index (χ3n) is 3.19. The number of nitrogens with zero attached hydrogens (tertiary/aromatic N) is 2. The normalized spacial score (nSPS) is 22.0. The number of hydrogen-bond donors (Lipinski definition) is 1. The van der Waals surface area contributed by atoms with Gasteiger partial charge < -0.3 is 10.2 Å². The van der Waals surface area contributed by atoms with Crippen molar-refractivity contribution in [3.8, 4) is 0 Å². The number of likely N-dealkylation sites (tertiary alicyclic amines) is 1. The van der Waals surface area contributed by atoms with E-state index in [-0.39, 0.29) is 0 Å². The Labute approximate surface area is 95.7 Å². The number of hydrogen-bond acceptors (Lipinski definition) is 3. The summed E-state index contributed by atoms with van der Waals surface area (Å²) in [7, 11) is 2.16. The fourth-order valence-corrected chi connectivity index (χ4v) is 2.12. The lowest BCUT2D eigenvalue weighted by Gasteiger charge is -2.32. The van der Waals surface area contributed by atoms with E-state index in [9.17, 15) is 4.39 Å². The lowest BCUT2D eigenvalue weighted by molar-refractivity contribution is 0.194. The van der Waals surface area contributed by atoms with Crippen molar-refractivity contribution in [3.05, 3.63) is 24.3 Å². The number of anilines is 1. The Morgan fingerprint density at radius 3 is 3.06 bits per heavy atom. The van der Waals surface area contributed by atoms with Gasteiger partial charge in [-0.3, -0.25) is 0 Å². The van der Waals surface area contributed by atoms with Gasteiger partial charge in [0.2, 0.25) is 5.95 Å². The molecule has 1 aliphatic rings. The number of likely N-dealkylation sites (N-methyl/N-ethyl adjacent to an activating group) is 1. The molecular formula is C12H18FN3. The van der Waals surface area contributed by atoms with E-state index in [1.54, 1.807) is 6.07 Å². The van der Waals surface area contributed by atoms with Crippen LogP contribution in [-0.4, -0.2) is 36.1 Å². The van der Waals surface area contributed by atoms with Crippen molar-refractivity contribution >= 4 is 5.69 Å². The summed E-state index contributed by atoms with van der Waals surface area (Å²) in [4.78, 5) is 6.00. The molecule has 1 fully saturated rings. The topological polar surface area (TPSA) is 28.2 Å². The second-order valence-electron chi connectivity index (χ2n) is 4.38. The van der Waals surface area contributed by atoms with Gasteiger partial charge in [0, 0.05) is 12.6 Å². The average molecular weight is 223 g/mol. The molecule has 1 aromatic heterocycles. The van der Waals surface area contributed by atoms with Crippen molar-refractivity contribution in [2.24, 2.45) is 0 Å². The van der Waals surface area contributed by atoms with Gasteiger partial charge in [0.05, 0.1) is 11.9 Å². The average Bonchev–Trinajstić information content (AvgIpc) is 2.30.